The van der Waals surface area contributed by atoms with Gasteiger partial charge >= 0.3 is 0 Å². The van der Waals surface area contributed by atoms with Crippen LogP contribution in [0, 0.1) is 13.8 Å². The lowest BCUT2D eigenvalue weighted by Gasteiger charge is -2.35. The summed E-state index contributed by atoms with van der Waals surface area (Å²) < 4.78 is 10.3. The number of aliphatic hydroxyl groups is 1. The van der Waals surface area contributed by atoms with E-state index in [0.29, 0.717) is 12.2 Å². The van der Waals surface area contributed by atoms with E-state index in [0.717, 1.165) is 41.0 Å². The van der Waals surface area contributed by atoms with Crippen molar-refractivity contribution in [3.63, 3.8) is 0 Å². The number of hydrogen-bond acceptors (Lipinski definition) is 5. The highest BCUT2D eigenvalue weighted by Gasteiger charge is 2.35. The lowest BCUT2D eigenvalue weighted by atomic mass is 9.79. The van der Waals surface area contributed by atoms with Crippen LogP contribution in [0.1, 0.15) is 41.0 Å². The summed E-state index contributed by atoms with van der Waals surface area (Å²) in [6.45, 7) is 3.80. The van der Waals surface area contributed by atoms with Gasteiger partial charge < -0.3 is 19.7 Å². The Morgan fingerprint density at radius 3 is 2.92 bits per heavy atom. The fraction of sp³-hybridized carbons (Fsp3) is 0.474. The molecule has 25 heavy (non-hydrogen) atoms. The van der Waals surface area contributed by atoms with Crippen LogP contribution in [0.2, 0.25) is 0 Å². The van der Waals surface area contributed by atoms with Gasteiger partial charge in [-0.15, -0.1) is 0 Å². The zero-order valence-corrected chi connectivity index (χ0v) is 14.9. The van der Waals surface area contributed by atoms with Crippen molar-refractivity contribution in [2.24, 2.45) is 0 Å². The molecule has 1 heterocycles. The molecule has 2 aromatic rings. The maximum Gasteiger partial charge on any atom is 0.224 e. The highest BCUT2D eigenvalue weighted by molar-refractivity contribution is 5.79. The van der Waals surface area contributed by atoms with E-state index in [2.05, 4.69) is 10.5 Å². The molecule has 1 aromatic heterocycles. The summed E-state index contributed by atoms with van der Waals surface area (Å²) in [6, 6.07) is 5.71. The SMILES string of the molecule is COc1ccc2c(c1)CCC[C@]2(O)CNC(=O)Cc1c(C)noc1C. The van der Waals surface area contributed by atoms with Gasteiger partial charge in [0.2, 0.25) is 5.91 Å². The minimum absolute atomic E-state index is 0.150. The molecule has 0 aliphatic heterocycles. The second-order valence-corrected chi connectivity index (χ2v) is 6.66. The number of amides is 1. The first kappa shape index (κ1) is 17.5. The Bertz CT molecular complexity index is 764. The first-order valence-electron chi connectivity index (χ1n) is 8.51. The zero-order valence-electron chi connectivity index (χ0n) is 14.9. The molecule has 0 radical (unpaired) electrons. The van der Waals surface area contributed by atoms with Gasteiger partial charge in [0.05, 0.1) is 25.8 Å². The van der Waals surface area contributed by atoms with E-state index in [1.807, 2.05) is 25.1 Å². The summed E-state index contributed by atoms with van der Waals surface area (Å²) in [6.07, 6.45) is 2.60. The predicted octanol–water partition coefficient (Wildman–Crippen LogP) is 2.18. The molecular weight excluding hydrogens is 320 g/mol. The van der Waals surface area contributed by atoms with Gasteiger partial charge in [-0.2, -0.15) is 0 Å². The molecule has 0 spiro atoms. The van der Waals surface area contributed by atoms with Gasteiger partial charge in [-0.3, -0.25) is 4.79 Å². The molecule has 3 rings (SSSR count). The highest BCUT2D eigenvalue weighted by Crippen LogP contribution is 2.36. The minimum Gasteiger partial charge on any atom is -0.497 e. The third kappa shape index (κ3) is 3.54. The lowest BCUT2D eigenvalue weighted by molar-refractivity contribution is -0.122. The van der Waals surface area contributed by atoms with Crippen LogP contribution < -0.4 is 10.1 Å². The molecule has 0 unspecified atom stereocenters. The van der Waals surface area contributed by atoms with Crippen molar-refractivity contribution in [3.05, 3.63) is 46.3 Å². The van der Waals surface area contributed by atoms with E-state index in [-0.39, 0.29) is 18.9 Å². The summed E-state index contributed by atoms with van der Waals surface area (Å²) in [7, 11) is 1.63. The Hall–Kier alpha value is -2.34. The first-order valence-corrected chi connectivity index (χ1v) is 8.51. The molecule has 1 aromatic carbocycles. The standard InChI is InChI=1S/C19H24N2O4/c1-12-16(13(2)25-21-12)10-18(22)20-11-19(23)8-4-5-14-9-15(24-3)6-7-17(14)19/h6-7,9,23H,4-5,8,10-11H2,1-3H3,(H,20,22)/t19-/m0/s1. The molecule has 2 N–H and O–H groups in total. The average Bonchev–Trinajstić information content (AvgIpc) is 2.92. The van der Waals surface area contributed by atoms with Crippen molar-refractivity contribution < 1.29 is 19.2 Å². The predicted molar refractivity (Wildman–Crippen MR) is 92.5 cm³/mol. The van der Waals surface area contributed by atoms with Crippen LogP contribution in [-0.2, 0) is 23.2 Å². The zero-order chi connectivity index (χ0) is 18.0. The maximum absolute atomic E-state index is 12.3. The number of hydrogen-bond donors (Lipinski definition) is 2. The second-order valence-electron chi connectivity index (χ2n) is 6.66. The van der Waals surface area contributed by atoms with Crippen LogP contribution >= 0.6 is 0 Å². The molecule has 6 heteroatoms. The van der Waals surface area contributed by atoms with Crippen molar-refractivity contribution in [1.29, 1.82) is 0 Å². The average molecular weight is 344 g/mol. The maximum atomic E-state index is 12.3. The molecule has 0 saturated carbocycles. The number of methoxy groups -OCH3 is 1. The Morgan fingerprint density at radius 2 is 2.24 bits per heavy atom. The lowest BCUT2D eigenvalue weighted by Crippen LogP contribution is -2.43. The summed E-state index contributed by atoms with van der Waals surface area (Å²) in [5, 5.41) is 17.8. The Morgan fingerprint density at radius 1 is 1.44 bits per heavy atom. The topological polar surface area (TPSA) is 84.6 Å². The van der Waals surface area contributed by atoms with Crippen LogP contribution in [-0.4, -0.2) is 29.8 Å². The van der Waals surface area contributed by atoms with Gasteiger partial charge in [0.15, 0.2) is 0 Å². The van der Waals surface area contributed by atoms with Crippen LogP contribution in [0.4, 0.5) is 0 Å². The van der Waals surface area contributed by atoms with Crippen molar-refractivity contribution in [3.8, 4) is 5.75 Å². The normalized spacial score (nSPS) is 19.4. The quantitative estimate of drug-likeness (QED) is 0.868. The van der Waals surface area contributed by atoms with Crippen LogP contribution in [0.5, 0.6) is 5.75 Å². The van der Waals surface area contributed by atoms with Crippen molar-refractivity contribution >= 4 is 5.91 Å². The summed E-state index contributed by atoms with van der Waals surface area (Å²) in [4.78, 5) is 12.3. The molecule has 1 amide bonds. The number of carbonyl (C=O) groups is 1. The number of benzene rings is 1. The van der Waals surface area contributed by atoms with Gasteiger partial charge in [-0.05, 0) is 56.4 Å². The number of carbonyl (C=O) groups excluding carboxylic acids is 1. The van der Waals surface area contributed by atoms with Gasteiger partial charge in [0.25, 0.3) is 0 Å². The highest BCUT2D eigenvalue weighted by atomic mass is 16.5. The number of aromatic nitrogens is 1. The van der Waals surface area contributed by atoms with E-state index >= 15 is 0 Å². The Kier molecular flexibility index (Phi) is 4.81. The number of nitrogens with zero attached hydrogens (tertiary/aromatic N) is 1. The number of aryl methyl sites for hydroxylation is 3. The monoisotopic (exact) mass is 344 g/mol. The van der Waals surface area contributed by atoms with Crippen molar-refractivity contribution in [2.75, 3.05) is 13.7 Å². The Labute approximate surface area is 147 Å². The summed E-state index contributed by atoms with van der Waals surface area (Å²) in [5.74, 6) is 1.29. The molecule has 134 valence electrons. The first-order chi connectivity index (χ1) is 11.9. The molecule has 6 nitrogen and oxygen atoms in total. The third-order valence-electron chi connectivity index (χ3n) is 4.95. The van der Waals surface area contributed by atoms with E-state index in [1.54, 1.807) is 14.0 Å². The van der Waals surface area contributed by atoms with Gasteiger partial charge in [-0.1, -0.05) is 11.2 Å². The number of ether oxygens (including phenoxy) is 1. The third-order valence-corrected chi connectivity index (χ3v) is 4.95. The molecule has 0 saturated heterocycles. The van der Waals surface area contributed by atoms with Crippen LogP contribution in [0.25, 0.3) is 0 Å². The van der Waals surface area contributed by atoms with Gasteiger partial charge in [-0.25, -0.2) is 0 Å². The largest absolute Gasteiger partial charge is 0.497 e. The van der Waals surface area contributed by atoms with E-state index in [4.69, 9.17) is 9.26 Å². The molecule has 1 aliphatic rings. The molecule has 1 atom stereocenters. The van der Waals surface area contributed by atoms with E-state index < -0.39 is 5.60 Å². The molecule has 0 fully saturated rings. The van der Waals surface area contributed by atoms with Gasteiger partial charge in [0, 0.05) is 5.56 Å². The fourth-order valence-corrected chi connectivity index (χ4v) is 3.47. The fourth-order valence-electron chi connectivity index (χ4n) is 3.47. The smallest absolute Gasteiger partial charge is 0.224 e. The second kappa shape index (κ2) is 6.88. The number of fused-ring (bicyclic) bond motifs is 1. The van der Waals surface area contributed by atoms with E-state index in [9.17, 15) is 9.90 Å². The van der Waals surface area contributed by atoms with Crippen molar-refractivity contribution in [1.82, 2.24) is 10.5 Å². The molecule has 0 bridgehead atoms. The summed E-state index contributed by atoms with van der Waals surface area (Å²) >= 11 is 0. The number of rotatable bonds is 5. The van der Waals surface area contributed by atoms with Crippen molar-refractivity contribution in [2.45, 2.75) is 45.1 Å². The van der Waals surface area contributed by atoms with E-state index in [1.165, 1.54) is 0 Å². The minimum atomic E-state index is -1.05. The Balaban J connectivity index is 1.70. The number of nitrogens with one attached hydrogen (secondary N) is 1. The molecular formula is C19H24N2O4. The van der Waals surface area contributed by atoms with Crippen LogP contribution in [0.3, 0.4) is 0 Å². The van der Waals surface area contributed by atoms with Gasteiger partial charge in [0.1, 0.15) is 17.1 Å². The summed E-state index contributed by atoms with van der Waals surface area (Å²) in [5.41, 5.74) is 2.43. The van der Waals surface area contributed by atoms with Crippen LogP contribution in [0.15, 0.2) is 22.7 Å². The molecule has 1 aliphatic carbocycles.